The van der Waals surface area contributed by atoms with Crippen LogP contribution < -0.4 is 5.32 Å². The van der Waals surface area contributed by atoms with Gasteiger partial charge in [-0.15, -0.1) is 16.4 Å². The zero-order chi connectivity index (χ0) is 23.4. The van der Waals surface area contributed by atoms with Crippen LogP contribution in [-0.2, 0) is 27.1 Å². The van der Waals surface area contributed by atoms with E-state index in [1.54, 1.807) is 31.2 Å². The van der Waals surface area contributed by atoms with Gasteiger partial charge in [-0.1, -0.05) is 6.92 Å². The molecule has 0 saturated heterocycles. The molecule has 2 heterocycles. The van der Waals surface area contributed by atoms with Gasteiger partial charge in [0.15, 0.2) is 6.61 Å². The predicted octanol–water partition coefficient (Wildman–Crippen LogP) is 2.82. The summed E-state index contributed by atoms with van der Waals surface area (Å²) in [5.41, 5.74) is 2.33. The fraction of sp³-hybridized carbons (Fsp3) is 0.364. The fourth-order valence-electron chi connectivity index (χ4n) is 3.67. The smallest absolute Gasteiger partial charge is 0.341 e. The number of carbonyl (C=O) groups excluding carboxylic acids is 3. The maximum absolute atomic E-state index is 12.6. The van der Waals surface area contributed by atoms with Crippen molar-refractivity contribution in [3.8, 4) is 5.69 Å². The van der Waals surface area contributed by atoms with E-state index < -0.39 is 24.5 Å². The number of hydrogen-bond acceptors (Lipinski definition) is 9. The summed E-state index contributed by atoms with van der Waals surface area (Å²) in [5, 5.41) is 14.1. The van der Waals surface area contributed by atoms with Gasteiger partial charge in [0.1, 0.15) is 11.3 Å². The first kappa shape index (κ1) is 22.6. The van der Waals surface area contributed by atoms with Crippen molar-refractivity contribution in [3.63, 3.8) is 0 Å². The van der Waals surface area contributed by atoms with E-state index in [-0.39, 0.29) is 12.2 Å². The number of rotatable bonds is 7. The Morgan fingerprint density at radius 2 is 1.97 bits per heavy atom. The van der Waals surface area contributed by atoms with Gasteiger partial charge in [-0.05, 0) is 72.4 Å². The van der Waals surface area contributed by atoms with Crippen molar-refractivity contribution in [3.05, 3.63) is 52.2 Å². The summed E-state index contributed by atoms with van der Waals surface area (Å²) >= 11 is 1.39. The third-order valence-electron chi connectivity index (χ3n) is 5.30. The molecule has 0 saturated carbocycles. The Morgan fingerprint density at radius 3 is 2.67 bits per heavy atom. The summed E-state index contributed by atoms with van der Waals surface area (Å²) in [6.07, 6.45) is 4.04. The molecule has 0 spiro atoms. The molecule has 10 nitrogen and oxygen atoms in total. The van der Waals surface area contributed by atoms with Crippen LogP contribution in [0.15, 0.2) is 30.6 Å². The molecule has 1 aliphatic rings. The van der Waals surface area contributed by atoms with E-state index >= 15 is 0 Å². The lowest BCUT2D eigenvalue weighted by molar-refractivity contribution is -0.119. The minimum atomic E-state index is -0.640. The summed E-state index contributed by atoms with van der Waals surface area (Å²) in [6, 6.07) is 6.45. The second-order valence-electron chi connectivity index (χ2n) is 7.70. The highest BCUT2D eigenvalue weighted by Gasteiger charge is 2.29. The van der Waals surface area contributed by atoms with Gasteiger partial charge in [-0.2, -0.15) is 0 Å². The van der Waals surface area contributed by atoms with E-state index in [0.717, 1.165) is 29.7 Å². The number of benzene rings is 1. The van der Waals surface area contributed by atoms with Gasteiger partial charge in [-0.3, -0.25) is 4.79 Å². The van der Waals surface area contributed by atoms with Crippen LogP contribution in [0.1, 0.15) is 51.4 Å². The monoisotopic (exact) mass is 469 g/mol. The van der Waals surface area contributed by atoms with Crippen LogP contribution in [-0.4, -0.2) is 51.3 Å². The van der Waals surface area contributed by atoms with Gasteiger partial charge >= 0.3 is 11.9 Å². The first-order chi connectivity index (χ1) is 16.0. The number of tetrazole rings is 1. The molecule has 2 aromatic heterocycles. The minimum absolute atomic E-state index is 0.247. The van der Waals surface area contributed by atoms with E-state index in [9.17, 15) is 14.4 Å². The summed E-state index contributed by atoms with van der Waals surface area (Å²) in [6.45, 7) is 3.68. The number of esters is 2. The molecule has 1 aliphatic carbocycles. The molecule has 172 valence electrons. The van der Waals surface area contributed by atoms with Crippen LogP contribution in [0.5, 0.6) is 0 Å². The molecule has 3 aromatic rings. The van der Waals surface area contributed by atoms with E-state index in [1.165, 1.54) is 22.3 Å². The van der Waals surface area contributed by atoms with Crippen molar-refractivity contribution in [1.82, 2.24) is 20.2 Å². The second-order valence-corrected chi connectivity index (χ2v) is 8.81. The molecular formula is C22H23N5O5S. The quantitative estimate of drug-likeness (QED) is 0.524. The number of anilines is 1. The maximum Gasteiger partial charge on any atom is 0.341 e. The van der Waals surface area contributed by atoms with E-state index in [2.05, 4.69) is 27.8 Å². The van der Waals surface area contributed by atoms with Gasteiger partial charge in [-0.25, -0.2) is 14.3 Å². The van der Waals surface area contributed by atoms with Crippen molar-refractivity contribution < 1.29 is 23.9 Å². The predicted molar refractivity (Wildman–Crippen MR) is 120 cm³/mol. The largest absolute Gasteiger partial charge is 0.462 e. The highest BCUT2D eigenvalue weighted by atomic mass is 32.1. The molecule has 0 aliphatic heterocycles. The van der Waals surface area contributed by atoms with E-state index in [0.29, 0.717) is 22.2 Å². The molecule has 33 heavy (non-hydrogen) atoms. The molecule has 1 amide bonds. The molecule has 0 fully saturated rings. The van der Waals surface area contributed by atoms with Crippen LogP contribution in [0.25, 0.3) is 5.69 Å². The first-order valence-electron chi connectivity index (χ1n) is 10.6. The number of nitrogens with one attached hydrogen (secondary N) is 1. The summed E-state index contributed by atoms with van der Waals surface area (Å²) in [5.74, 6) is -1.09. The standard InChI is InChI=1S/C22H23N5O5S/c1-3-31-22(30)19-16-9-4-13(2)10-17(16)33-20(19)24-18(28)11-32-21(29)14-5-7-15(8-6-14)27-12-23-25-26-27/h5-8,12-13H,3-4,9-11H2,1-2H3,(H,24,28)/t13-/m0/s1. The van der Waals surface area contributed by atoms with Crippen LogP contribution >= 0.6 is 11.3 Å². The Bertz CT molecular complexity index is 1160. The maximum atomic E-state index is 12.6. The van der Waals surface area contributed by atoms with Gasteiger partial charge in [0.25, 0.3) is 5.91 Å². The number of thiophene rings is 1. The third-order valence-corrected chi connectivity index (χ3v) is 6.46. The molecule has 1 atom stereocenters. The minimum Gasteiger partial charge on any atom is -0.462 e. The van der Waals surface area contributed by atoms with E-state index in [4.69, 9.17) is 9.47 Å². The van der Waals surface area contributed by atoms with Crippen molar-refractivity contribution in [2.75, 3.05) is 18.5 Å². The van der Waals surface area contributed by atoms with Crippen molar-refractivity contribution in [2.45, 2.75) is 33.1 Å². The SMILES string of the molecule is CCOC(=O)c1c(NC(=O)COC(=O)c2ccc(-n3cnnn3)cc2)sc2c1CC[C@H](C)C2. The third kappa shape index (κ3) is 5.08. The first-order valence-corrected chi connectivity index (χ1v) is 11.4. The van der Waals surface area contributed by atoms with Crippen LogP contribution in [0.3, 0.4) is 0 Å². The van der Waals surface area contributed by atoms with Gasteiger partial charge in [0, 0.05) is 4.88 Å². The zero-order valence-electron chi connectivity index (χ0n) is 18.2. The number of ether oxygens (including phenoxy) is 2. The number of fused-ring (bicyclic) bond motifs is 1. The fourth-order valence-corrected chi connectivity index (χ4v) is 5.08. The molecule has 1 aromatic carbocycles. The Kier molecular flexibility index (Phi) is 6.78. The second kappa shape index (κ2) is 9.90. The highest BCUT2D eigenvalue weighted by Crippen LogP contribution is 2.40. The zero-order valence-corrected chi connectivity index (χ0v) is 19.1. The van der Waals surface area contributed by atoms with E-state index in [1.807, 2.05) is 0 Å². The van der Waals surface area contributed by atoms with Crippen LogP contribution in [0.2, 0.25) is 0 Å². The lowest BCUT2D eigenvalue weighted by atomic mass is 9.88. The van der Waals surface area contributed by atoms with Crippen LogP contribution in [0.4, 0.5) is 5.00 Å². The number of amides is 1. The van der Waals surface area contributed by atoms with Gasteiger partial charge in [0.05, 0.1) is 23.4 Å². The summed E-state index contributed by atoms with van der Waals surface area (Å²) in [7, 11) is 0. The molecule has 0 radical (unpaired) electrons. The molecule has 4 rings (SSSR count). The summed E-state index contributed by atoms with van der Waals surface area (Å²) in [4.78, 5) is 38.5. The number of hydrogen-bond donors (Lipinski definition) is 1. The molecule has 1 N–H and O–H groups in total. The van der Waals surface area contributed by atoms with Crippen molar-refractivity contribution in [1.29, 1.82) is 0 Å². The van der Waals surface area contributed by atoms with Gasteiger partial charge in [0.2, 0.25) is 0 Å². The topological polar surface area (TPSA) is 125 Å². The Labute approximate surface area is 193 Å². The lowest BCUT2D eigenvalue weighted by Gasteiger charge is -2.18. The normalized spacial score (nSPS) is 14.9. The van der Waals surface area contributed by atoms with Crippen molar-refractivity contribution in [2.24, 2.45) is 5.92 Å². The average Bonchev–Trinajstić information content (AvgIpc) is 3.45. The molecular weight excluding hydrogens is 446 g/mol. The number of nitrogens with zero attached hydrogens (tertiary/aromatic N) is 4. The highest BCUT2D eigenvalue weighted by molar-refractivity contribution is 7.17. The van der Waals surface area contributed by atoms with Crippen molar-refractivity contribution >= 4 is 34.2 Å². The Balaban J connectivity index is 1.40. The van der Waals surface area contributed by atoms with Crippen LogP contribution in [0, 0.1) is 5.92 Å². The molecule has 11 heteroatoms. The number of carbonyl (C=O) groups is 3. The van der Waals surface area contributed by atoms with Gasteiger partial charge < -0.3 is 14.8 Å². The average molecular weight is 470 g/mol. The lowest BCUT2D eigenvalue weighted by Crippen LogP contribution is -2.22. The molecule has 0 unspecified atom stereocenters. The number of aromatic nitrogens is 4. The Morgan fingerprint density at radius 1 is 1.18 bits per heavy atom. The Hall–Kier alpha value is -3.60. The summed E-state index contributed by atoms with van der Waals surface area (Å²) < 4.78 is 11.8. The molecule has 0 bridgehead atoms.